The summed E-state index contributed by atoms with van der Waals surface area (Å²) in [5.74, 6) is -0.0463. The first-order valence-electron chi connectivity index (χ1n) is 5.08. The molecular weight excluding hydrogens is 270 g/mol. The normalized spacial score (nSPS) is 19.4. The summed E-state index contributed by atoms with van der Waals surface area (Å²) in [6.07, 6.45) is 0. The van der Waals surface area contributed by atoms with Crippen molar-refractivity contribution in [2.75, 3.05) is 23.8 Å². The van der Waals surface area contributed by atoms with E-state index in [-0.39, 0.29) is 11.9 Å². The van der Waals surface area contributed by atoms with Crippen LogP contribution in [0.5, 0.6) is 0 Å². The highest BCUT2D eigenvalue weighted by Gasteiger charge is 2.30. The van der Waals surface area contributed by atoms with Crippen molar-refractivity contribution < 1.29 is 4.79 Å². The highest BCUT2D eigenvalue weighted by atomic mass is 79.9. The van der Waals surface area contributed by atoms with E-state index in [1.54, 1.807) is 0 Å². The van der Waals surface area contributed by atoms with Crippen LogP contribution in [-0.2, 0) is 4.79 Å². The number of carbonyl (C=O) groups excluding carboxylic acids is 1. The van der Waals surface area contributed by atoms with Gasteiger partial charge in [-0.2, -0.15) is 0 Å². The van der Waals surface area contributed by atoms with Crippen LogP contribution in [0.3, 0.4) is 0 Å². The summed E-state index contributed by atoms with van der Waals surface area (Å²) in [5.41, 5.74) is 8.60. The fourth-order valence-electron chi connectivity index (χ4n) is 2.11. The van der Waals surface area contributed by atoms with Crippen molar-refractivity contribution in [3.8, 4) is 0 Å². The average molecular weight is 284 g/mol. The quantitative estimate of drug-likeness (QED) is 0.821. The summed E-state index contributed by atoms with van der Waals surface area (Å²) in [5, 5.41) is 2.88. The van der Waals surface area contributed by atoms with Crippen molar-refractivity contribution >= 4 is 33.2 Å². The van der Waals surface area contributed by atoms with Gasteiger partial charge in [0.05, 0.1) is 11.4 Å². The molecule has 0 saturated heterocycles. The fourth-order valence-corrected chi connectivity index (χ4v) is 2.68. The monoisotopic (exact) mass is 283 g/mol. The molecule has 1 aromatic carbocycles. The van der Waals surface area contributed by atoms with Gasteiger partial charge in [0.25, 0.3) is 0 Å². The molecule has 5 heteroatoms. The van der Waals surface area contributed by atoms with Crippen molar-refractivity contribution in [3.05, 3.63) is 22.2 Å². The number of nitrogens with one attached hydrogen (secondary N) is 1. The largest absolute Gasteiger partial charge is 0.360 e. The van der Waals surface area contributed by atoms with Crippen LogP contribution in [0.1, 0.15) is 5.56 Å². The Bertz CT molecular complexity index is 447. The number of amides is 1. The minimum atomic E-state index is -0.285. The van der Waals surface area contributed by atoms with Crippen LogP contribution in [0.15, 0.2) is 16.6 Å². The van der Waals surface area contributed by atoms with Crippen molar-refractivity contribution in [2.45, 2.75) is 13.0 Å². The molecule has 86 valence electrons. The molecule has 1 atom stereocenters. The Labute approximate surface area is 103 Å². The molecule has 0 aliphatic carbocycles. The SMILES string of the molecule is Cc1cc(Br)cc2c1N(C)C(CN)C(=O)N2. The third-order valence-corrected chi connectivity index (χ3v) is 3.33. The highest BCUT2D eigenvalue weighted by molar-refractivity contribution is 9.10. The predicted molar refractivity (Wildman–Crippen MR) is 68.8 cm³/mol. The van der Waals surface area contributed by atoms with Gasteiger partial charge in [-0.15, -0.1) is 0 Å². The van der Waals surface area contributed by atoms with Crippen LogP contribution >= 0.6 is 15.9 Å². The second-order valence-corrected chi connectivity index (χ2v) is 4.89. The molecule has 1 aliphatic heterocycles. The number of hydrogen-bond acceptors (Lipinski definition) is 3. The van der Waals surface area contributed by atoms with E-state index in [0.717, 1.165) is 21.4 Å². The first-order chi connectivity index (χ1) is 7.54. The van der Waals surface area contributed by atoms with Gasteiger partial charge in [-0.3, -0.25) is 4.79 Å². The topological polar surface area (TPSA) is 58.4 Å². The number of rotatable bonds is 1. The lowest BCUT2D eigenvalue weighted by Gasteiger charge is -2.35. The Balaban J connectivity index is 2.55. The third kappa shape index (κ3) is 1.70. The van der Waals surface area contributed by atoms with Gasteiger partial charge < -0.3 is 16.0 Å². The number of halogens is 1. The number of hydrogen-bond donors (Lipinski definition) is 2. The molecule has 1 aliphatic rings. The maximum atomic E-state index is 11.8. The minimum Gasteiger partial charge on any atom is -0.360 e. The number of carbonyl (C=O) groups is 1. The number of anilines is 2. The van der Waals surface area contributed by atoms with E-state index in [2.05, 4.69) is 21.2 Å². The standard InChI is InChI=1S/C11H14BrN3O/c1-6-3-7(12)4-8-10(6)15(2)9(5-13)11(16)14-8/h3-4,9H,5,13H2,1-2H3,(H,14,16). The van der Waals surface area contributed by atoms with Crippen molar-refractivity contribution in [3.63, 3.8) is 0 Å². The lowest BCUT2D eigenvalue weighted by molar-refractivity contribution is -0.117. The predicted octanol–water partition coefficient (Wildman–Crippen LogP) is 1.47. The van der Waals surface area contributed by atoms with Crippen LogP contribution in [0.4, 0.5) is 11.4 Å². The second-order valence-electron chi connectivity index (χ2n) is 3.97. The molecule has 16 heavy (non-hydrogen) atoms. The molecule has 0 spiro atoms. The zero-order chi connectivity index (χ0) is 11.9. The Morgan fingerprint density at radius 1 is 1.56 bits per heavy atom. The van der Waals surface area contributed by atoms with Gasteiger partial charge in [-0.05, 0) is 24.6 Å². The molecule has 1 heterocycles. The first kappa shape index (κ1) is 11.4. The first-order valence-corrected chi connectivity index (χ1v) is 5.87. The molecule has 3 N–H and O–H groups in total. The molecule has 4 nitrogen and oxygen atoms in total. The van der Waals surface area contributed by atoms with E-state index in [0.29, 0.717) is 6.54 Å². The maximum Gasteiger partial charge on any atom is 0.248 e. The smallest absolute Gasteiger partial charge is 0.248 e. The van der Waals surface area contributed by atoms with Crippen molar-refractivity contribution in [1.29, 1.82) is 0 Å². The number of nitrogens with zero attached hydrogens (tertiary/aromatic N) is 1. The van der Waals surface area contributed by atoms with E-state index in [1.165, 1.54) is 0 Å². The molecule has 1 amide bonds. The zero-order valence-electron chi connectivity index (χ0n) is 9.25. The molecule has 0 radical (unpaired) electrons. The van der Waals surface area contributed by atoms with Crippen LogP contribution in [0.2, 0.25) is 0 Å². The summed E-state index contributed by atoms with van der Waals surface area (Å²) in [7, 11) is 1.90. The number of fused-ring (bicyclic) bond motifs is 1. The van der Waals surface area contributed by atoms with Gasteiger partial charge in [0, 0.05) is 18.1 Å². The molecule has 0 saturated carbocycles. The Morgan fingerprint density at radius 3 is 2.88 bits per heavy atom. The molecule has 1 unspecified atom stereocenters. The summed E-state index contributed by atoms with van der Waals surface area (Å²) in [6, 6.07) is 3.65. The lowest BCUT2D eigenvalue weighted by atomic mass is 10.1. The van der Waals surface area contributed by atoms with Crippen molar-refractivity contribution in [2.24, 2.45) is 5.73 Å². The Kier molecular flexibility index (Phi) is 2.90. The van der Waals surface area contributed by atoms with Crippen LogP contribution in [0.25, 0.3) is 0 Å². The molecular formula is C11H14BrN3O. The number of likely N-dealkylation sites (N-methyl/N-ethyl adjacent to an activating group) is 1. The zero-order valence-corrected chi connectivity index (χ0v) is 10.8. The van der Waals surface area contributed by atoms with E-state index in [9.17, 15) is 4.79 Å². The van der Waals surface area contributed by atoms with Gasteiger partial charge >= 0.3 is 0 Å². The van der Waals surface area contributed by atoms with Gasteiger partial charge in [0.2, 0.25) is 5.91 Å². The fraction of sp³-hybridized carbons (Fsp3) is 0.364. The van der Waals surface area contributed by atoms with E-state index in [1.807, 2.05) is 31.0 Å². The summed E-state index contributed by atoms with van der Waals surface area (Å²) < 4.78 is 0.962. The van der Waals surface area contributed by atoms with Crippen molar-refractivity contribution in [1.82, 2.24) is 0 Å². The van der Waals surface area contributed by atoms with E-state index >= 15 is 0 Å². The summed E-state index contributed by atoms with van der Waals surface area (Å²) in [4.78, 5) is 13.7. The molecule has 0 fully saturated rings. The lowest BCUT2D eigenvalue weighted by Crippen LogP contribution is -2.50. The third-order valence-electron chi connectivity index (χ3n) is 2.87. The average Bonchev–Trinajstić information content (AvgIpc) is 2.15. The minimum absolute atomic E-state index is 0.0463. The van der Waals surface area contributed by atoms with Gasteiger partial charge in [-0.25, -0.2) is 0 Å². The second kappa shape index (κ2) is 4.07. The highest BCUT2D eigenvalue weighted by Crippen LogP contribution is 2.36. The Morgan fingerprint density at radius 2 is 2.25 bits per heavy atom. The molecule has 2 rings (SSSR count). The van der Waals surface area contributed by atoms with Gasteiger partial charge in [0.15, 0.2) is 0 Å². The molecule has 0 bridgehead atoms. The summed E-state index contributed by atoms with van der Waals surface area (Å²) in [6.45, 7) is 2.34. The number of aryl methyl sites for hydroxylation is 1. The number of nitrogens with two attached hydrogens (primary N) is 1. The van der Waals surface area contributed by atoms with E-state index < -0.39 is 0 Å². The molecule has 0 aromatic heterocycles. The van der Waals surface area contributed by atoms with Crippen LogP contribution in [0, 0.1) is 6.92 Å². The Hall–Kier alpha value is -1.07. The van der Waals surface area contributed by atoms with E-state index in [4.69, 9.17) is 5.73 Å². The maximum absolute atomic E-state index is 11.8. The van der Waals surface area contributed by atoms with Crippen LogP contribution in [-0.4, -0.2) is 25.5 Å². The van der Waals surface area contributed by atoms with Crippen LogP contribution < -0.4 is 16.0 Å². The van der Waals surface area contributed by atoms with Gasteiger partial charge in [-0.1, -0.05) is 15.9 Å². The molecule has 1 aromatic rings. The van der Waals surface area contributed by atoms with Gasteiger partial charge in [0.1, 0.15) is 6.04 Å². The summed E-state index contributed by atoms with van der Waals surface area (Å²) >= 11 is 3.42. The number of benzene rings is 1.